The molecule has 0 heterocycles. The Morgan fingerprint density at radius 1 is 1.44 bits per heavy atom. The third-order valence-electron chi connectivity index (χ3n) is 1.89. The average molecular weight is 116 g/mol. The highest BCUT2D eigenvalue weighted by atomic mass is 14.2. The summed E-state index contributed by atoms with van der Waals surface area (Å²) < 4.78 is 0. The number of hydrogen-bond donors (Lipinski definition) is 0. The fraction of sp³-hybridized carbons (Fsp3) is 0.333. The first-order chi connectivity index (χ1) is 4.47. The molecule has 2 aliphatic carbocycles. The Labute approximate surface area is 54.9 Å². The normalized spacial score (nSPS) is 28.4. The van der Waals surface area contributed by atoms with Crippen LogP contribution in [0.1, 0.15) is 12.8 Å². The molecule has 0 radical (unpaired) electrons. The third kappa shape index (κ3) is 0.695. The van der Waals surface area contributed by atoms with E-state index in [0.717, 1.165) is 0 Å². The Morgan fingerprint density at radius 3 is 3.33 bits per heavy atom. The van der Waals surface area contributed by atoms with Crippen molar-refractivity contribution in [3.8, 4) is 0 Å². The third-order valence-corrected chi connectivity index (χ3v) is 1.89. The Morgan fingerprint density at radius 2 is 2.44 bits per heavy atom. The summed E-state index contributed by atoms with van der Waals surface area (Å²) in [7, 11) is 0. The molecule has 0 spiro atoms. The van der Waals surface area contributed by atoms with Crippen molar-refractivity contribution in [2.45, 2.75) is 12.8 Å². The Hall–Kier alpha value is -0.960. The van der Waals surface area contributed by atoms with Crippen LogP contribution in [0.25, 0.3) is 0 Å². The van der Waals surface area contributed by atoms with E-state index in [1.807, 2.05) is 6.08 Å². The van der Waals surface area contributed by atoms with Gasteiger partial charge in [-0.1, -0.05) is 17.5 Å². The van der Waals surface area contributed by atoms with Crippen LogP contribution in [0.15, 0.2) is 35.3 Å². The van der Waals surface area contributed by atoms with Gasteiger partial charge in [0.15, 0.2) is 0 Å². The van der Waals surface area contributed by atoms with E-state index in [0.29, 0.717) is 5.92 Å². The van der Waals surface area contributed by atoms with Crippen molar-refractivity contribution < 1.29 is 0 Å². The van der Waals surface area contributed by atoms with Crippen LogP contribution in [0.4, 0.5) is 0 Å². The molecule has 0 aromatic carbocycles. The van der Waals surface area contributed by atoms with Gasteiger partial charge in [0.2, 0.25) is 0 Å². The lowest BCUT2D eigenvalue weighted by Crippen LogP contribution is -1.92. The van der Waals surface area contributed by atoms with E-state index in [4.69, 9.17) is 0 Å². The highest BCUT2D eigenvalue weighted by Gasteiger charge is 2.14. The molecule has 0 aromatic rings. The first-order valence-electron chi connectivity index (χ1n) is 3.34. The number of allylic oxidation sites excluding steroid dienone is 4. The SMILES string of the molecule is C1=C=CC2CCC=C2C=1. The van der Waals surface area contributed by atoms with Crippen LogP contribution in [-0.2, 0) is 0 Å². The van der Waals surface area contributed by atoms with Gasteiger partial charge in [-0.25, -0.2) is 0 Å². The highest BCUT2D eigenvalue weighted by Crippen LogP contribution is 2.28. The van der Waals surface area contributed by atoms with Crippen LogP contribution in [0.5, 0.6) is 0 Å². The Bertz CT molecular complexity index is 243. The van der Waals surface area contributed by atoms with Gasteiger partial charge in [-0.2, -0.15) is 0 Å². The molecule has 44 valence electrons. The van der Waals surface area contributed by atoms with Crippen LogP contribution < -0.4 is 0 Å². The van der Waals surface area contributed by atoms with E-state index < -0.39 is 0 Å². The second-order valence-corrected chi connectivity index (χ2v) is 2.49. The largest absolute Gasteiger partial charge is 0.0800 e. The molecule has 0 aliphatic heterocycles. The molecule has 0 aromatic heterocycles. The zero-order chi connectivity index (χ0) is 6.10. The smallest absolute Gasteiger partial charge is 0.0106 e. The van der Waals surface area contributed by atoms with Crippen molar-refractivity contribution in [2.24, 2.45) is 5.92 Å². The van der Waals surface area contributed by atoms with Crippen LogP contribution in [0, 0.1) is 5.92 Å². The first-order valence-corrected chi connectivity index (χ1v) is 3.34. The Balaban J connectivity index is 2.47. The van der Waals surface area contributed by atoms with Gasteiger partial charge in [-0.05, 0) is 30.6 Å². The highest BCUT2D eigenvalue weighted by molar-refractivity contribution is 5.31. The summed E-state index contributed by atoms with van der Waals surface area (Å²) in [5.41, 5.74) is 7.38. The summed E-state index contributed by atoms with van der Waals surface area (Å²) in [6, 6.07) is 0. The molecule has 1 unspecified atom stereocenters. The lowest BCUT2D eigenvalue weighted by molar-refractivity contribution is 0.751. The molecule has 2 aliphatic rings. The number of fused-ring (bicyclic) bond motifs is 1. The van der Waals surface area contributed by atoms with Gasteiger partial charge in [0.05, 0.1) is 0 Å². The van der Waals surface area contributed by atoms with Gasteiger partial charge in [0, 0.05) is 5.92 Å². The molecule has 0 bridgehead atoms. The lowest BCUT2D eigenvalue weighted by atomic mass is 10.00. The fourth-order valence-electron chi connectivity index (χ4n) is 1.37. The van der Waals surface area contributed by atoms with Crippen LogP contribution in [0.3, 0.4) is 0 Å². The molecule has 0 saturated carbocycles. The van der Waals surface area contributed by atoms with Gasteiger partial charge >= 0.3 is 0 Å². The van der Waals surface area contributed by atoms with Crippen molar-refractivity contribution in [1.82, 2.24) is 0 Å². The summed E-state index contributed by atoms with van der Waals surface area (Å²) in [6.45, 7) is 0. The minimum atomic E-state index is 0.672. The maximum atomic E-state index is 2.98. The Kier molecular flexibility index (Phi) is 0.960. The van der Waals surface area contributed by atoms with Crippen LogP contribution in [-0.4, -0.2) is 0 Å². The summed E-state index contributed by atoms with van der Waals surface area (Å²) in [5, 5.41) is 0. The van der Waals surface area contributed by atoms with E-state index >= 15 is 0 Å². The number of hydrogen-bond acceptors (Lipinski definition) is 0. The second-order valence-electron chi connectivity index (χ2n) is 2.49. The van der Waals surface area contributed by atoms with Crippen LogP contribution >= 0.6 is 0 Å². The molecule has 9 heavy (non-hydrogen) atoms. The van der Waals surface area contributed by atoms with Crippen molar-refractivity contribution in [1.29, 1.82) is 0 Å². The summed E-state index contributed by atoms with van der Waals surface area (Å²) in [4.78, 5) is 0. The summed E-state index contributed by atoms with van der Waals surface area (Å²) >= 11 is 0. The van der Waals surface area contributed by atoms with E-state index in [1.54, 1.807) is 0 Å². The molecule has 0 amide bonds. The first kappa shape index (κ1) is 4.88. The molecular weight excluding hydrogens is 108 g/mol. The predicted octanol–water partition coefficient (Wildman–Crippen LogP) is 2.20. The molecule has 0 heteroatoms. The summed E-state index contributed by atoms with van der Waals surface area (Å²) in [5.74, 6) is 0.672. The molecule has 0 saturated heterocycles. The minimum absolute atomic E-state index is 0.672. The maximum absolute atomic E-state index is 2.98. The molecule has 0 fully saturated rings. The van der Waals surface area contributed by atoms with Gasteiger partial charge in [-0.3, -0.25) is 0 Å². The zero-order valence-corrected chi connectivity index (χ0v) is 5.22. The van der Waals surface area contributed by atoms with Crippen molar-refractivity contribution in [3.05, 3.63) is 35.3 Å². The van der Waals surface area contributed by atoms with Gasteiger partial charge in [0.1, 0.15) is 0 Å². The minimum Gasteiger partial charge on any atom is -0.0800 e. The van der Waals surface area contributed by atoms with Crippen molar-refractivity contribution >= 4 is 0 Å². The van der Waals surface area contributed by atoms with E-state index in [-0.39, 0.29) is 0 Å². The van der Waals surface area contributed by atoms with Crippen molar-refractivity contribution in [3.63, 3.8) is 0 Å². The summed E-state index contributed by atoms with van der Waals surface area (Å²) in [6.07, 6.45) is 8.95. The maximum Gasteiger partial charge on any atom is 0.0106 e. The van der Waals surface area contributed by atoms with Gasteiger partial charge in [-0.15, -0.1) is 0 Å². The molecular formula is C9H8. The van der Waals surface area contributed by atoms with E-state index in [2.05, 4.69) is 23.6 Å². The van der Waals surface area contributed by atoms with Crippen LogP contribution in [0.2, 0.25) is 0 Å². The second kappa shape index (κ2) is 1.77. The molecule has 0 N–H and O–H groups in total. The van der Waals surface area contributed by atoms with Crippen molar-refractivity contribution in [2.75, 3.05) is 0 Å². The van der Waals surface area contributed by atoms with E-state index in [9.17, 15) is 0 Å². The average Bonchev–Trinajstić information content (AvgIpc) is 2.33. The van der Waals surface area contributed by atoms with Gasteiger partial charge in [0.25, 0.3) is 0 Å². The number of rotatable bonds is 0. The molecule has 2 rings (SSSR count). The molecule has 0 nitrogen and oxygen atoms in total. The topological polar surface area (TPSA) is 0 Å². The fourth-order valence-corrected chi connectivity index (χ4v) is 1.37. The zero-order valence-electron chi connectivity index (χ0n) is 5.22. The van der Waals surface area contributed by atoms with Gasteiger partial charge < -0.3 is 0 Å². The van der Waals surface area contributed by atoms with E-state index in [1.165, 1.54) is 18.4 Å². The standard InChI is InChI=1S/C9H8/c1-2-5-9-7-3-6-8(9)4-1/h4-6,9H,3,7H2. The monoisotopic (exact) mass is 116 g/mol. The molecule has 1 atom stereocenters. The quantitative estimate of drug-likeness (QED) is 0.425. The predicted molar refractivity (Wildman–Crippen MR) is 37.0 cm³/mol. The lowest BCUT2D eigenvalue weighted by Gasteiger charge is -2.03.